The molecule has 1 fully saturated rings. The minimum Gasteiger partial charge on any atom is -0.282 e. The number of rotatable bonds is 1. The number of anilines is 1. The summed E-state index contributed by atoms with van der Waals surface area (Å²) in [6, 6.07) is 8.36. The summed E-state index contributed by atoms with van der Waals surface area (Å²) >= 11 is 0. The van der Waals surface area contributed by atoms with Crippen molar-refractivity contribution in [3.8, 4) is 0 Å². The van der Waals surface area contributed by atoms with Gasteiger partial charge in [0.2, 0.25) is 5.91 Å². The van der Waals surface area contributed by atoms with Gasteiger partial charge in [0.15, 0.2) is 0 Å². The zero-order valence-corrected chi connectivity index (χ0v) is 8.65. The number of hydrogen-bond acceptors (Lipinski definition) is 2. The second-order valence-electron chi connectivity index (χ2n) is 4.12. The average Bonchev–Trinajstić information content (AvgIpc) is 2.83. The van der Waals surface area contributed by atoms with Crippen molar-refractivity contribution in [2.75, 3.05) is 18.1 Å². The molecule has 0 aromatic heterocycles. The number of hydrazine groups is 1. The molecular weight excluding hydrogens is 188 g/mol. The molecule has 2 heterocycles. The lowest BCUT2D eigenvalue weighted by atomic mass is 10.2. The van der Waals surface area contributed by atoms with Gasteiger partial charge in [-0.3, -0.25) is 14.8 Å². The molecule has 0 atom stereocenters. The van der Waals surface area contributed by atoms with Crippen LogP contribution in [0, 0.1) is 0 Å². The number of para-hydroxylation sites is 1. The Kier molecular flexibility index (Phi) is 1.91. The van der Waals surface area contributed by atoms with Crippen LogP contribution in [0.1, 0.15) is 18.4 Å². The molecule has 0 N–H and O–H groups in total. The van der Waals surface area contributed by atoms with E-state index in [9.17, 15) is 4.79 Å². The van der Waals surface area contributed by atoms with E-state index >= 15 is 0 Å². The molecule has 78 valence electrons. The van der Waals surface area contributed by atoms with Gasteiger partial charge in [-0.2, -0.15) is 0 Å². The third-order valence-electron chi connectivity index (χ3n) is 3.20. The van der Waals surface area contributed by atoms with E-state index in [0.29, 0.717) is 6.42 Å². The van der Waals surface area contributed by atoms with Crippen LogP contribution in [0.2, 0.25) is 0 Å². The highest BCUT2D eigenvalue weighted by Crippen LogP contribution is 2.30. The van der Waals surface area contributed by atoms with E-state index in [1.165, 1.54) is 11.3 Å². The van der Waals surface area contributed by atoms with Crippen LogP contribution >= 0.6 is 0 Å². The second-order valence-corrected chi connectivity index (χ2v) is 4.12. The SMILES string of the molecule is O=C1CCCN1N1CCc2ccccc21. The van der Waals surface area contributed by atoms with Gasteiger partial charge in [0.25, 0.3) is 0 Å². The number of amides is 1. The molecule has 0 spiro atoms. The molecule has 3 nitrogen and oxygen atoms in total. The molecule has 3 rings (SSSR count). The number of benzene rings is 1. The minimum absolute atomic E-state index is 0.270. The molecule has 0 saturated carbocycles. The normalized spacial score (nSPS) is 19.9. The van der Waals surface area contributed by atoms with Crippen LogP contribution in [0.4, 0.5) is 5.69 Å². The molecule has 1 aromatic carbocycles. The molecule has 15 heavy (non-hydrogen) atoms. The van der Waals surface area contributed by atoms with Crippen LogP contribution in [-0.4, -0.2) is 24.0 Å². The van der Waals surface area contributed by atoms with Crippen molar-refractivity contribution in [1.82, 2.24) is 5.01 Å². The molecular formula is C12H14N2O. The summed E-state index contributed by atoms with van der Waals surface area (Å²) in [7, 11) is 0. The van der Waals surface area contributed by atoms with Crippen molar-refractivity contribution >= 4 is 11.6 Å². The Morgan fingerprint density at radius 3 is 2.67 bits per heavy atom. The lowest BCUT2D eigenvalue weighted by molar-refractivity contribution is -0.128. The maximum atomic E-state index is 11.7. The maximum absolute atomic E-state index is 11.7. The van der Waals surface area contributed by atoms with Gasteiger partial charge in [-0.1, -0.05) is 18.2 Å². The molecule has 0 bridgehead atoms. The Bertz CT molecular complexity index is 402. The fourth-order valence-electron chi connectivity index (χ4n) is 2.46. The molecule has 1 aromatic rings. The lowest BCUT2D eigenvalue weighted by Crippen LogP contribution is -2.42. The monoisotopic (exact) mass is 202 g/mol. The second kappa shape index (κ2) is 3.26. The van der Waals surface area contributed by atoms with Crippen molar-refractivity contribution in [2.24, 2.45) is 0 Å². The van der Waals surface area contributed by atoms with Crippen LogP contribution in [0.3, 0.4) is 0 Å². The Balaban J connectivity index is 1.93. The van der Waals surface area contributed by atoms with Gasteiger partial charge in [-0.15, -0.1) is 0 Å². The van der Waals surface area contributed by atoms with Crippen molar-refractivity contribution in [3.05, 3.63) is 29.8 Å². The summed E-state index contributed by atoms with van der Waals surface area (Å²) in [5, 5.41) is 4.05. The topological polar surface area (TPSA) is 23.6 Å². The first kappa shape index (κ1) is 8.77. The van der Waals surface area contributed by atoms with Crippen molar-refractivity contribution in [1.29, 1.82) is 0 Å². The summed E-state index contributed by atoms with van der Waals surface area (Å²) in [5.41, 5.74) is 2.57. The van der Waals surface area contributed by atoms with Crippen LogP contribution in [0.5, 0.6) is 0 Å². The van der Waals surface area contributed by atoms with Crippen LogP contribution in [0.25, 0.3) is 0 Å². The zero-order valence-electron chi connectivity index (χ0n) is 8.65. The van der Waals surface area contributed by atoms with Crippen LogP contribution in [-0.2, 0) is 11.2 Å². The van der Waals surface area contributed by atoms with E-state index < -0.39 is 0 Å². The van der Waals surface area contributed by atoms with Gasteiger partial charge in [0.1, 0.15) is 0 Å². The van der Waals surface area contributed by atoms with E-state index in [4.69, 9.17) is 0 Å². The Morgan fingerprint density at radius 2 is 1.87 bits per heavy atom. The van der Waals surface area contributed by atoms with Crippen molar-refractivity contribution in [3.63, 3.8) is 0 Å². The van der Waals surface area contributed by atoms with E-state index in [2.05, 4.69) is 23.2 Å². The summed E-state index contributed by atoms with van der Waals surface area (Å²) in [4.78, 5) is 11.7. The molecule has 0 aliphatic carbocycles. The quantitative estimate of drug-likeness (QED) is 0.690. The molecule has 2 aliphatic rings. The molecule has 0 unspecified atom stereocenters. The maximum Gasteiger partial charge on any atom is 0.241 e. The first-order valence-electron chi connectivity index (χ1n) is 5.52. The molecule has 1 saturated heterocycles. The largest absolute Gasteiger partial charge is 0.282 e. The Labute approximate surface area is 89.3 Å². The highest BCUT2D eigenvalue weighted by Gasteiger charge is 2.30. The highest BCUT2D eigenvalue weighted by atomic mass is 16.2. The predicted octanol–water partition coefficient (Wildman–Crippen LogP) is 1.59. The number of carbonyl (C=O) groups is 1. The van der Waals surface area contributed by atoms with Gasteiger partial charge in [0, 0.05) is 19.5 Å². The first-order chi connectivity index (χ1) is 7.36. The number of nitrogens with zero attached hydrogens (tertiary/aromatic N) is 2. The van der Waals surface area contributed by atoms with E-state index in [-0.39, 0.29) is 5.91 Å². The zero-order chi connectivity index (χ0) is 10.3. The Morgan fingerprint density at radius 1 is 1.00 bits per heavy atom. The average molecular weight is 202 g/mol. The van der Waals surface area contributed by atoms with Gasteiger partial charge in [-0.25, -0.2) is 0 Å². The third-order valence-corrected chi connectivity index (χ3v) is 3.20. The fourth-order valence-corrected chi connectivity index (χ4v) is 2.46. The third kappa shape index (κ3) is 1.30. The lowest BCUT2D eigenvalue weighted by Gasteiger charge is -2.29. The van der Waals surface area contributed by atoms with Gasteiger partial charge < -0.3 is 0 Å². The Hall–Kier alpha value is -1.51. The summed E-state index contributed by atoms with van der Waals surface area (Å²) < 4.78 is 0. The summed E-state index contributed by atoms with van der Waals surface area (Å²) in [6.07, 6.45) is 2.76. The number of carbonyl (C=O) groups excluding carboxylic acids is 1. The summed E-state index contributed by atoms with van der Waals surface area (Å²) in [6.45, 7) is 1.83. The van der Waals surface area contributed by atoms with Crippen LogP contribution < -0.4 is 5.01 Å². The van der Waals surface area contributed by atoms with Crippen molar-refractivity contribution < 1.29 is 4.79 Å². The van der Waals surface area contributed by atoms with Gasteiger partial charge >= 0.3 is 0 Å². The van der Waals surface area contributed by atoms with Gasteiger partial charge in [-0.05, 0) is 24.5 Å². The number of hydrogen-bond donors (Lipinski definition) is 0. The molecule has 2 aliphatic heterocycles. The fraction of sp³-hybridized carbons (Fsp3) is 0.417. The summed E-state index contributed by atoms with van der Waals surface area (Å²) in [5.74, 6) is 0.270. The number of fused-ring (bicyclic) bond motifs is 1. The van der Waals surface area contributed by atoms with Gasteiger partial charge in [0.05, 0.1) is 5.69 Å². The molecule has 1 amide bonds. The smallest absolute Gasteiger partial charge is 0.241 e. The van der Waals surface area contributed by atoms with E-state index in [0.717, 1.165) is 25.9 Å². The van der Waals surface area contributed by atoms with Crippen molar-refractivity contribution in [2.45, 2.75) is 19.3 Å². The minimum atomic E-state index is 0.270. The van der Waals surface area contributed by atoms with E-state index in [1.54, 1.807) is 0 Å². The molecule has 0 radical (unpaired) electrons. The van der Waals surface area contributed by atoms with E-state index in [1.807, 2.05) is 11.1 Å². The predicted molar refractivity (Wildman–Crippen MR) is 58.4 cm³/mol. The highest BCUT2D eigenvalue weighted by molar-refractivity contribution is 5.80. The standard InChI is InChI=1S/C12H14N2O/c15-12-6-3-8-14(12)13-9-7-10-4-1-2-5-11(10)13/h1-2,4-5H,3,6-9H2. The van der Waals surface area contributed by atoms with Crippen LogP contribution in [0.15, 0.2) is 24.3 Å². The molecule has 3 heteroatoms. The first-order valence-corrected chi connectivity index (χ1v) is 5.52.